The SMILES string of the molecule is COc1ccc(CN2C=C(C3CCCO3)NN(Cc3ccc(OC)cc3)C2)cc1. The van der Waals surface area contributed by atoms with Crippen LogP contribution in [0.3, 0.4) is 0 Å². The van der Waals surface area contributed by atoms with E-state index in [9.17, 15) is 0 Å². The van der Waals surface area contributed by atoms with Gasteiger partial charge in [-0.1, -0.05) is 24.3 Å². The van der Waals surface area contributed by atoms with Crippen molar-refractivity contribution < 1.29 is 14.2 Å². The summed E-state index contributed by atoms with van der Waals surface area (Å²) < 4.78 is 16.5. The first kappa shape index (κ1) is 19.6. The third-order valence-corrected chi connectivity index (χ3v) is 5.32. The Bertz CT molecular complexity index is 814. The molecule has 1 N–H and O–H groups in total. The summed E-state index contributed by atoms with van der Waals surface area (Å²) >= 11 is 0. The van der Waals surface area contributed by atoms with Gasteiger partial charge in [-0.3, -0.25) is 0 Å². The molecule has 1 atom stereocenters. The van der Waals surface area contributed by atoms with Crippen molar-refractivity contribution in [3.63, 3.8) is 0 Å². The van der Waals surface area contributed by atoms with Gasteiger partial charge in [-0.05, 0) is 48.2 Å². The molecule has 6 heteroatoms. The van der Waals surface area contributed by atoms with E-state index in [1.165, 1.54) is 11.1 Å². The van der Waals surface area contributed by atoms with E-state index in [2.05, 4.69) is 45.8 Å². The lowest BCUT2D eigenvalue weighted by Crippen LogP contribution is -2.49. The van der Waals surface area contributed by atoms with Crippen molar-refractivity contribution in [2.45, 2.75) is 32.0 Å². The van der Waals surface area contributed by atoms with Gasteiger partial charge in [0.15, 0.2) is 0 Å². The standard InChI is InChI=1S/C23H29N3O3/c1-27-20-9-5-18(6-10-20)14-25-16-22(23-4-3-13-29-23)24-26(17-25)15-19-7-11-21(28-2)12-8-19/h5-12,16,23-24H,3-4,13-15,17H2,1-2H3. The molecule has 2 aromatic rings. The zero-order valence-corrected chi connectivity index (χ0v) is 17.1. The zero-order chi connectivity index (χ0) is 20.1. The van der Waals surface area contributed by atoms with E-state index in [-0.39, 0.29) is 6.10 Å². The molecule has 2 aliphatic rings. The van der Waals surface area contributed by atoms with Gasteiger partial charge in [-0.2, -0.15) is 5.01 Å². The van der Waals surface area contributed by atoms with Crippen LogP contribution in [-0.2, 0) is 17.8 Å². The number of hydrogen-bond acceptors (Lipinski definition) is 6. The highest BCUT2D eigenvalue weighted by Gasteiger charge is 2.26. The van der Waals surface area contributed by atoms with E-state index in [1.54, 1.807) is 14.2 Å². The summed E-state index contributed by atoms with van der Waals surface area (Å²) in [6, 6.07) is 16.5. The molecule has 1 fully saturated rings. The van der Waals surface area contributed by atoms with Crippen LogP contribution in [0.1, 0.15) is 24.0 Å². The Morgan fingerprint density at radius 2 is 1.55 bits per heavy atom. The van der Waals surface area contributed by atoms with Crippen LogP contribution in [0.2, 0.25) is 0 Å². The van der Waals surface area contributed by atoms with E-state index in [1.807, 2.05) is 24.3 Å². The number of hydrogen-bond donors (Lipinski definition) is 1. The first-order valence-corrected chi connectivity index (χ1v) is 10.1. The summed E-state index contributed by atoms with van der Waals surface area (Å²) in [5, 5.41) is 2.24. The average Bonchev–Trinajstić information content (AvgIpc) is 3.30. The maximum atomic E-state index is 5.93. The van der Waals surface area contributed by atoms with Gasteiger partial charge in [-0.15, -0.1) is 0 Å². The molecule has 1 saturated heterocycles. The number of ether oxygens (including phenoxy) is 3. The fourth-order valence-corrected chi connectivity index (χ4v) is 3.78. The number of benzene rings is 2. The second-order valence-electron chi connectivity index (χ2n) is 7.48. The molecular formula is C23H29N3O3. The summed E-state index contributed by atoms with van der Waals surface area (Å²) in [5.41, 5.74) is 7.20. The van der Waals surface area contributed by atoms with Crippen LogP contribution in [0.25, 0.3) is 0 Å². The minimum atomic E-state index is 0.145. The topological polar surface area (TPSA) is 46.2 Å². The van der Waals surface area contributed by atoms with E-state index in [4.69, 9.17) is 14.2 Å². The third-order valence-electron chi connectivity index (χ3n) is 5.32. The maximum Gasteiger partial charge on any atom is 0.118 e. The fourth-order valence-electron chi connectivity index (χ4n) is 3.78. The number of nitrogens with zero attached hydrogens (tertiary/aromatic N) is 2. The first-order chi connectivity index (χ1) is 14.2. The Kier molecular flexibility index (Phi) is 6.22. The molecule has 0 aliphatic carbocycles. The molecule has 154 valence electrons. The molecule has 0 bridgehead atoms. The molecule has 0 aromatic heterocycles. The van der Waals surface area contributed by atoms with Crippen molar-refractivity contribution in [2.75, 3.05) is 27.5 Å². The van der Waals surface area contributed by atoms with Gasteiger partial charge in [0.05, 0.1) is 32.7 Å². The molecular weight excluding hydrogens is 366 g/mol. The number of methoxy groups -OCH3 is 2. The Labute approximate surface area is 172 Å². The minimum absolute atomic E-state index is 0.145. The zero-order valence-electron chi connectivity index (χ0n) is 17.1. The molecule has 4 rings (SSSR count). The van der Waals surface area contributed by atoms with Crippen molar-refractivity contribution in [1.29, 1.82) is 0 Å². The summed E-state index contributed by atoms with van der Waals surface area (Å²) in [6.45, 7) is 3.25. The summed E-state index contributed by atoms with van der Waals surface area (Å²) in [6.07, 6.45) is 4.53. The van der Waals surface area contributed by atoms with Crippen molar-refractivity contribution in [1.82, 2.24) is 15.3 Å². The van der Waals surface area contributed by atoms with Gasteiger partial charge >= 0.3 is 0 Å². The lowest BCUT2D eigenvalue weighted by atomic mass is 10.1. The van der Waals surface area contributed by atoms with E-state index in [0.29, 0.717) is 0 Å². The normalized spacial score (nSPS) is 19.6. The monoisotopic (exact) mass is 395 g/mol. The van der Waals surface area contributed by atoms with E-state index in [0.717, 1.165) is 56.4 Å². The summed E-state index contributed by atoms with van der Waals surface area (Å²) in [4.78, 5) is 2.33. The Morgan fingerprint density at radius 1 is 0.931 bits per heavy atom. The Hall–Kier alpha value is -2.70. The van der Waals surface area contributed by atoms with Crippen LogP contribution in [0.4, 0.5) is 0 Å². The van der Waals surface area contributed by atoms with Gasteiger partial charge in [0, 0.05) is 25.9 Å². The molecule has 6 nitrogen and oxygen atoms in total. The molecule has 0 spiro atoms. The third kappa shape index (κ3) is 5.02. The van der Waals surface area contributed by atoms with E-state index >= 15 is 0 Å². The molecule has 0 radical (unpaired) electrons. The van der Waals surface area contributed by atoms with Crippen LogP contribution < -0.4 is 14.9 Å². The fraction of sp³-hybridized carbons (Fsp3) is 0.391. The van der Waals surface area contributed by atoms with Gasteiger partial charge < -0.3 is 24.5 Å². The Morgan fingerprint density at radius 3 is 2.10 bits per heavy atom. The van der Waals surface area contributed by atoms with Gasteiger partial charge in [0.25, 0.3) is 0 Å². The molecule has 0 saturated carbocycles. The minimum Gasteiger partial charge on any atom is -0.497 e. The molecule has 0 amide bonds. The van der Waals surface area contributed by atoms with Crippen molar-refractivity contribution in [3.05, 3.63) is 71.6 Å². The van der Waals surface area contributed by atoms with Gasteiger partial charge in [0.2, 0.25) is 0 Å². The van der Waals surface area contributed by atoms with Crippen LogP contribution >= 0.6 is 0 Å². The highest BCUT2D eigenvalue weighted by molar-refractivity contribution is 5.28. The lowest BCUT2D eigenvalue weighted by molar-refractivity contribution is 0.0580. The molecule has 2 aliphatic heterocycles. The maximum absolute atomic E-state index is 5.93. The van der Waals surface area contributed by atoms with Crippen LogP contribution in [0, 0.1) is 0 Å². The Balaban J connectivity index is 1.48. The number of rotatable bonds is 7. The highest BCUT2D eigenvalue weighted by atomic mass is 16.5. The molecule has 2 heterocycles. The van der Waals surface area contributed by atoms with Gasteiger partial charge in [-0.25, -0.2) is 0 Å². The molecule has 2 aromatic carbocycles. The van der Waals surface area contributed by atoms with Gasteiger partial charge in [0.1, 0.15) is 11.5 Å². The predicted octanol–water partition coefficient (Wildman–Crippen LogP) is 3.50. The molecule has 1 unspecified atom stereocenters. The first-order valence-electron chi connectivity index (χ1n) is 10.1. The van der Waals surface area contributed by atoms with Crippen LogP contribution in [-0.4, -0.2) is 43.5 Å². The van der Waals surface area contributed by atoms with Crippen molar-refractivity contribution >= 4 is 0 Å². The summed E-state index contributed by atoms with van der Waals surface area (Å²) in [5.74, 6) is 1.76. The average molecular weight is 396 g/mol. The smallest absolute Gasteiger partial charge is 0.118 e. The second-order valence-corrected chi connectivity index (χ2v) is 7.48. The van der Waals surface area contributed by atoms with Crippen molar-refractivity contribution in [2.24, 2.45) is 0 Å². The van der Waals surface area contributed by atoms with Crippen molar-refractivity contribution in [3.8, 4) is 11.5 Å². The quantitative estimate of drug-likeness (QED) is 0.774. The second kappa shape index (κ2) is 9.20. The predicted molar refractivity (Wildman–Crippen MR) is 112 cm³/mol. The number of hydrazine groups is 1. The largest absolute Gasteiger partial charge is 0.497 e. The van der Waals surface area contributed by atoms with Crippen LogP contribution in [0.5, 0.6) is 11.5 Å². The molecule has 29 heavy (non-hydrogen) atoms. The van der Waals surface area contributed by atoms with E-state index < -0.39 is 0 Å². The summed E-state index contributed by atoms with van der Waals surface area (Å²) in [7, 11) is 3.38. The van der Waals surface area contributed by atoms with Crippen LogP contribution in [0.15, 0.2) is 60.4 Å². The number of nitrogens with one attached hydrogen (secondary N) is 1. The lowest BCUT2D eigenvalue weighted by Gasteiger charge is -2.38. The highest BCUT2D eigenvalue weighted by Crippen LogP contribution is 2.23.